The maximum absolute atomic E-state index is 12.7. The van der Waals surface area contributed by atoms with Crippen LogP contribution >= 0.6 is 0 Å². The minimum absolute atomic E-state index is 0.218. The van der Waals surface area contributed by atoms with Crippen molar-refractivity contribution in [3.8, 4) is 0 Å². The Morgan fingerprint density at radius 2 is 2.00 bits per heavy atom. The predicted octanol–water partition coefficient (Wildman–Crippen LogP) is 2.01. The Labute approximate surface area is 105 Å². The van der Waals surface area contributed by atoms with Crippen molar-refractivity contribution in [2.45, 2.75) is 52.5 Å². The van der Waals surface area contributed by atoms with Crippen LogP contribution in [0.15, 0.2) is 0 Å². The summed E-state index contributed by atoms with van der Waals surface area (Å²) in [5.74, 6) is 1.62. The number of nitrogens with zero attached hydrogens (tertiary/aromatic N) is 1. The van der Waals surface area contributed by atoms with Gasteiger partial charge in [0.2, 0.25) is 5.91 Å². The molecule has 1 aliphatic carbocycles. The monoisotopic (exact) mass is 238 g/mol. The van der Waals surface area contributed by atoms with Gasteiger partial charge in [-0.15, -0.1) is 0 Å². The van der Waals surface area contributed by atoms with Crippen LogP contribution in [0.3, 0.4) is 0 Å². The second-order valence-corrected chi connectivity index (χ2v) is 6.36. The number of rotatable bonds is 2. The van der Waals surface area contributed by atoms with E-state index in [-0.39, 0.29) is 5.41 Å². The minimum atomic E-state index is -0.218. The zero-order chi connectivity index (χ0) is 12.6. The lowest BCUT2D eigenvalue weighted by Gasteiger charge is -2.50. The highest BCUT2D eigenvalue weighted by Crippen LogP contribution is 2.46. The van der Waals surface area contributed by atoms with Crippen molar-refractivity contribution >= 4 is 5.91 Å². The molecule has 0 aromatic heterocycles. The summed E-state index contributed by atoms with van der Waals surface area (Å²) in [5, 5.41) is 0. The molecule has 2 aliphatic rings. The molecule has 1 saturated heterocycles. The van der Waals surface area contributed by atoms with Gasteiger partial charge in [-0.3, -0.25) is 4.79 Å². The first-order valence-electron chi connectivity index (χ1n) is 7.01. The van der Waals surface area contributed by atoms with E-state index in [9.17, 15) is 4.79 Å². The van der Waals surface area contributed by atoms with E-state index in [2.05, 4.69) is 25.7 Å². The largest absolute Gasteiger partial charge is 0.339 e. The van der Waals surface area contributed by atoms with E-state index in [4.69, 9.17) is 5.73 Å². The highest BCUT2D eigenvalue weighted by molar-refractivity contribution is 5.84. The SMILES string of the molecule is CC1CC(CN)(C(=O)N2CCCC(C)C2C)C1. The van der Waals surface area contributed by atoms with Gasteiger partial charge in [-0.05, 0) is 44.4 Å². The molecule has 1 amide bonds. The van der Waals surface area contributed by atoms with Gasteiger partial charge in [0, 0.05) is 19.1 Å². The minimum Gasteiger partial charge on any atom is -0.339 e. The Balaban J connectivity index is 2.08. The normalized spacial score (nSPS) is 42.1. The fourth-order valence-electron chi connectivity index (χ4n) is 3.63. The van der Waals surface area contributed by atoms with Gasteiger partial charge in [0.1, 0.15) is 0 Å². The number of piperidine rings is 1. The molecule has 0 spiro atoms. The third-order valence-electron chi connectivity index (χ3n) is 4.96. The van der Waals surface area contributed by atoms with Gasteiger partial charge in [-0.2, -0.15) is 0 Å². The van der Waals surface area contributed by atoms with Crippen LogP contribution in [0.25, 0.3) is 0 Å². The maximum Gasteiger partial charge on any atom is 0.230 e. The lowest BCUT2D eigenvalue weighted by atomic mass is 9.61. The van der Waals surface area contributed by atoms with Crippen LogP contribution < -0.4 is 5.73 Å². The molecule has 1 heterocycles. The van der Waals surface area contributed by atoms with Crippen LogP contribution in [0.4, 0.5) is 0 Å². The van der Waals surface area contributed by atoms with E-state index >= 15 is 0 Å². The average molecular weight is 238 g/mol. The highest BCUT2D eigenvalue weighted by Gasteiger charge is 2.50. The summed E-state index contributed by atoms with van der Waals surface area (Å²) in [6.45, 7) is 8.11. The molecular weight excluding hydrogens is 212 g/mol. The Morgan fingerprint density at radius 1 is 1.35 bits per heavy atom. The molecule has 2 N–H and O–H groups in total. The van der Waals surface area contributed by atoms with E-state index in [0.717, 1.165) is 25.8 Å². The summed E-state index contributed by atoms with van der Waals surface area (Å²) in [6.07, 6.45) is 4.37. The van der Waals surface area contributed by atoms with Gasteiger partial charge in [0.05, 0.1) is 5.41 Å². The van der Waals surface area contributed by atoms with Crippen LogP contribution in [0, 0.1) is 17.3 Å². The standard InChI is InChI=1S/C14H26N2O/c1-10-7-14(8-10,9-15)13(17)16-6-4-5-11(2)12(16)3/h10-12H,4-9,15H2,1-3H3. The smallest absolute Gasteiger partial charge is 0.230 e. The Kier molecular flexibility index (Phi) is 3.48. The van der Waals surface area contributed by atoms with Crippen molar-refractivity contribution < 1.29 is 4.79 Å². The maximum atomic E-state index is 12.7. The van der Waals surface area contributed by atoms with Gasteiger partial charge in [0.25, 0.3) is 0 Å². The molecule has 0 radical (unpaired) electrons. The molecule has 1 aliphatic heterocycles. The van der Waals surface area contributed by atoms with Gasteiger partial charge < -0.3 is 10.6 Å². The predicted molar refractivity (Wildman–Crippen MR) is 69.5 cm³/mol. The zero-order valence-corrected chi connectivity index (χ0v) is 11.4. The van der Waals surface area contributed by atoms with Crippen molar-refractivity contribution in [3.05, 3.63) is 0 Å². The molecule has 0 bridgehead atoms. The second kappa shape index (κ2) is 4.60. The molecule has 1 saturated carbocycles. The highest BCUT2D eigenvalue weighted by atomic mass is 16.2. The van der Waals surface area contributed by atoms with E-state index in [1.165, 1.54) is 6.42 Å². The van der Waals surface area contributed by atoms with E-state index < -0.39 is 0 Å². The number of nitrogens with two attached hydrogens (primary N) is 1. The molecule has 98 valence electrons. The summed E-state index contributed by atoms with van der Waals surface area (Å²) in [6, 6.07) is 0.385. The first-order valence-corrected chi connectivity index (χ1v) is 7.01. The molecule has 2 unspecified atom stereocenters. The van der Waals surface area contributed by atoms with E-state index in [1.54, 1.807) is 0 Å². The molecule has 2 rings (SSSR count). The van der Waals surface area contributed by atoms with Gasteiger partial charge in [-0.25, -0.2) is 0 Å². The number of carbonyl (C=O) groups excluding carboxylic acids is 1. The first-order chi connectivity index (χ1) is 8.00. The van der Waals surface area contributed by atoms with Crippen LogP contribution in [0.2, 0.25) is 0 Å². The number of hydrogen-bond donors (Lipinski definition) is 1. The van der Waals surface area contributed by atoms with Gasteiger partial charge in [-0.1, -0.05) is 13.8 Å². The van der Waals surface area contributed by atoms with Crippen molar-refractivity contribution in [1.82, 2.24) is 4.90 Å². The van der Waals surface area contributed by atoms with Crippen LogP contribution in [-0.4, -0.2) is 29.9 Å². The molecule has 2 atom stereocenters. The number of carbonyl (C=O) groups is 1. The molecule has 2 fully saturated rings. The summed E-state index contributed by atoms with van der Waals surface area (Å²) in [4.78, 5) is 14.8. The lowest BCUT2D eigenvalue weighted by Crippen LogP contribution is -2.58. The number of hydrogen-bond acceptors (Lipinski definition) is 2. The summed E-state index contributed by atoms with van der Waals surface area (Å²) >= 11 is 0. The molecule has 0 aromatic carbocycles. The first kappa shape index (κ1) is 12.9. The van der Waals surface area contributed by atoms with Crippen molar-refractivity contribution in [2.24, 2.45) is 23.0 Å². The van der Waals surface area contributed by atoms with E-state index in [0.29, 0.717) is 30.3 Å². The molecule has 3 heteroatoms. The fourth-order valence-corrected chi connectivity index (χ4v) is 3.63. The third-order valence-corrected chi connectivity index (χ3v) is 4.96. The third kappa shape index (κ3) is 2.10. The topological polar surface area (TPSA) is 46.3 Å². The second-order valence-electron chi connectivity index (χ2n) is 6.36. The van der Waals surface area contributed by atoms with E-state index in [1.807, 2.05) is 0 Å². The van der Waals surface area contributed by atoms with Gasteiger partial charge >= 0.3 is 0 Å². The molecular formula is C14H26N2O. The van der Waals surface area contributed by atoms with Crippen LogP contribution in [0.5, 0.6) is 0 Å². The van der Waals surface area contributed by atoms with Crippen molar-refractivity contribution in [1.29, 1.82) is 0 Å². The van der Waals surface area contributed by atoms with Crippen molar-refractivity contribution in [2.75, 3.05) is 13.1 Å². The zero-order valence-electron chi connectivity index (χ0n) is 11.4. The Bertz CT molecular complexity index is 297. The summed E-state index contributed by atoms with van der Waals surface area (Å²) < 4.78 is 0. The summed E-state index contributed by atoms with van der Waals surface area (Å²) in [5.41, 5.74) is 5.65. The van der Waals surface area contributed by atoms with Gasteiger partial charge in [0.15, 0.2) is 0 Å². The summed E-state index contributed by atoms with van der Waals surface area (Å²) in [7, 11) is 0. The number of amides is 1. The van der Waals surface area contributed by atoms with Crippen LogP contribution in [-0.2, 0) is 4.79 Å². The van der Waals surface area contributed by atoms with Crippen molar-refractivity contribution in [3.63, 3.8) is 0 Å². The molecule has 0 aromatic rings. The fraction of sp³-hybridized carbons (Fsp3) is 0.929. The quantitative estimate of drug-likeness (QED) is 0.800. The van der Waals surface area contributed by atoms with Crippen LogP contribution in [0.1, 0.15) is 46.5 Å². The average Bonchev–Trinajstić information content (AvgIpc) is 2.27. The number of likely N-dealkylation sites (tertiary alicyclic amines) is 1. The Hall–Kier alpha value is -0.570. The molecule has 17 heavy (non-hydrogen) atoms. The Morgan fingerprint density at radius 3 is 2.53 bits per heavy atom. The molecule has 3 nitrogen and oxygen atoms in total. The lowest BCUT2D eigenvalue weighted by molar-refractivity contribution is -0.154.